The van der Waals surface area contributed by atoms with Crippen molar-refractivity contribution in [2.45, 2.75) is 40.0 Å². The number of allylic oxidation sites excluding steroid dienone is 1. The Morgan fingerprint density at radius 1 is 0.227 bits per heavy atom. The molecule has 0 aliphatic heterocycles. The molecule has 0 unspecified atom stereocenters. The van der Waals surface area contributed by atoms with Crippen LogP contribution in [0.5, 0.6) is 0 Å². The van der Waals surface area contributed by atoms with Crippen molar-refractivity contribution in [1.29, 1.82) is 0 Å². The average molecular weight is 1690 g/mol. The monoisotopic (exact) mass is 1680 g/mol. The highest BCUT2D eigenvalue weighted by atomic mass is 16.6. The van der Waals surface area contributed by atoms with Crippen LogP contribution in [0.15, 0.2) is 202 Å². The predicted molar refractivity (Wildman–Crippen MR) is 426 cm³/mol. The maximum absolute atomic E-state index is 12.0. The molecule has 0 aliphatic rings. The van der Waals surface area contributed by atoms with Crippen molar-refractivity contribution >= 4 is 95.3 Å². The van der Waals surface area contributed by atoms with Gasteiger partial charge in [-0.05, 0) is 18.9 Å². The first-order valence-electron chi connectivity index (χ1n) is 35.4. The molecule has 119 heavy (non-hydrogen) atoms. The Morgan fingerprint density at radius 2 is 0.412 bits per heavy atom. The second-order valence-electron chi connectivity index (χ2n) is 24.5. The number of aliphatic hydroxyl groups is 1. The van der Waals surface area contributed by atoms with E-state index in [1.165, 1.54) is 0 Å². The van der Waals surface area contributed by atoms with Crippen LogP contribution in [-0.4, -0.2) is 259 Å². The van der Waals surface area contributed by atoms with E-state index in [2.05, 4.69) is 115 Å². The van der Waals surface area contributed by atoms with E-state index in [9.17, 15) is 81.8 Å². The van der Waals surface area contributed by atoms with Gasteiger partial charge in [-0.2, -0.15) is 0 Å². The first-order chi connectivity index (χ1) is 56.4. The molecule has 0 aliphatic carbocycles. The lowest BCUT2D eigenvalue weighted by atomic mass is 9.84. The fraction of sp³-hybridized carbons (Fsp3) is 0.422. The van der Waals surface area contributed by atoms with E-state index in [0.29, 0.717) is 6.42 Å². The molecule has 660 valence electrons. The molecule has 0 heterocycles. The van der Waals surface area contributed by atoms with Crippen molar-refractivity contribution in [2.24, 2.45) is 27.1 Å². The minimum absolute atomic E-state index is 0.0159. The molecule has 0 amide bonds. The molecule has 0 spiro atoms. The Bertz CT molecular complexity index is 3040. The summed E-state index contributed by atoms with van der Waals surface area (Å²) in [6.45, 7) is 56.1. The quantitative estimate of drug-likeness (QED) is 0.0323. The Labute approximate surface area is 692 Å². The van der Waals surface area contributed by atoms with Crippen molar-refractivity contribution in [2.75, 3.05) is 159 Å². The SMILES string of the molecule is C=CC(=O)CCC(COCC(COC(=O)C=C)(COC(=O)C=C)COC(=O)C=C)(COC(=O)C=C)COC(=O)C=C.C=CC(=O)OCC(C)(C)COC(=O)C=C.C=CC(=O)OCC(CO)(COC(=O)C=C)COC(=O)C=C.C=CC(=O)OCCOC(=O)C=C.C=CC(=O)OCCOCC(CC)(COCCOC(=O)C=C)COCCOC(=O)C=C. The van der Waals surface area contributed by atoms with Crippen LogP contribution in [0.25, 0.3) is 0 Å². The van der Waals surface area contributed by atoms with E-state index < -0.39 is 143 Å². The van der Waals surface area contributed by atoms with Gasteiger partial charge in [0, 0.05) is 108 Å². The van der Waals surface area contributed by atoms with Crippen molar-refractivity contribution < 1.29 is 172 Å². The van der Waals surface area contributed by atoms with Crippen LogP contribution in [-0.2, 0) is 167 Å². The summed E-state index contributed by atoms with van der Waals surface area (Å²) in [5.41, 5.74) is -4.91. The Hall–Kier alpha value is -12.6. The van der Waals surface area contributed by atoms with Gasteiger partial charge in [0.05, 0.1) is 88.9 Å². The molecule has 36 heteroatoms. The number of ether oxygens (including phenoxy) is 19. The van der Waals surface area contributed by atoms with Crippen LogP contribution >= 0.6 is 0 Å². The van der Waals surface area contributed by atoms with Crippen molar-refractivity contribution in [3.63, 3.8) is 0 Å². The van der Waals surface area contributed by atoms with Crippen LogP contribution in [0.1, 0.15) is 40.0 Å². The lowest BCUT2D eigenvalue weighted by molar-refractivity contribution is -0.166. The molecular weight excluding hydrogens is 1570 g/mol. The molecule has 0 aromatic rings. The lowest BCUT2D eigenvalue weighted by Crippen LogP contribution is -2.45. The summed E-state index contributed by atoms with van der Waals surface area (Å²) in [6.07, 6.45) is 16.6. The normalized spacial score (nSPS) is 10.3. The largest absolute Gasteiger partial charge is 0.462 e. The maximum atomic E-state index is 12.0. The minimum Gasteiger partial charge on any atom is -0.462 e. The van der Waals surface area contributed by atoms with Crippen LogP contribution in [0.2, 0.25) is 0 Å². The molecule has 0 fully saturated rings. The molecule has 0 bridgehead atoms. The first-order valence-corrected chi connectivity index (χ1v) is 35.4. The summed E-state index contributed by atoms with van der Waals surface area (Å²) < 4.78 is 96.6. The van der Waals surface area contributed by atoms with Gasteiger partial charge in [-0.25, -0.2) is 71.9 Å². The van der Waals surface area contributed by atoms with Gasteiger partial charge in [-0.3, -0.25) is 4.79 Å². The van der Waals surface area contributed by atoms with Crippen LogP contribution in [0.3, 0.4) is 0 Å². The van der Waals surface area contributed by atoms with E-state index in [1.54, 1.807) is 0 Å². The number of aliphatic hydroxyl groups excluding tert-OH is 1. The van der Waals surface area contributed by atoms with Crippen molar-refractivity contribution in [1.82, 2.24) is 0 Å². The lowest BCUT2D eigenvalue weighted by Gasteiger charge is -2.35. The van der Waals surface area contributed by atoms with E-state index >= 15 is 0 Å². The average Bonchev–Trinajstić information content (AvgIpc) is 0.842. The number of carbonyl (C=O) groups is 16. The van der Waals surface area contributed by atoms with Crippen molar-refractivity contribution in [3.8, 4) is 0 Å². The first kappa shape index (κ1) is 115. The summed E-state index contributed by atoms with van der Waals surface area (Å²) >= 11 is 0. The van der Waals surface area contributed by atoms with E-state index in [0.717, 1.165) is 97.2 Å². The number of carbonyl (C=O) groups excluding carboxylic acids is 16. The number of hydrogen-bond donors (Lipinski definition) is 1. The molecule has 0 radical (unpaired) electrons. The maximum Gasteiger partial charge on any atom is 0.330 e. The van der Waals surface area contributed by atoms with Gasteiger partial charge >= 0.3 is 89.5 Å². The Kier molecular flexibility index (Phi) is 68.3. The molecule has 0 saturated heterocycles. The number of esters is 15. The fourth-order valence-electron chi connectivity index (χ4n) is 7.27. The van der Waals surface area contributed by atoms with Gasteiger partial charge in [0.25, 0.3) is 0 Å². The highest BCUT2D eigenvalue weighted by molar-refractivity contribution is 5.89. The fourth-order valence-corrected chi connectivity index (χ4v) is 7.27. The van der Waals surface area contributed by atoms with Crippen LogP contribution < -0.4 is 0 Å². The smallest absolute Gasteiger partial charge is 0.330 e. The van der Waals surface area contributed by atoms with Crippen molar-refractivity contribution in [3.05, 3.63) is 202 Å². The zero-order chi connectivity index (χ0) is 91.6. The highest BCUT2D eigenvalue weighted by Crippen LogP contribution is 2.30. The van der Waals surface area contributed by atoms with E-state index in [1.807, 2.05) is 20.8 Å². The number of hydrogen-bond acceptors (Lipinski definition) is 36. The molecule has 0 aromatic carbocycles. The van der Waals surface area contributed by atoms with Gasteiger partial charge in [0.1, 0.15) is 85.9 Å². The van der Waals surface area contributed by atoms with E-state index in [-0.39, 0.29) is 151 Å². The van der Waals surface area contributed by atoms with Gasteiger partial charge in [-0.15, -0.1) is 0 Å². The van der Waals surface area contributed by atoms with Gasteiger partial charge in [0.2, 0.25) is 0 Å². The summed E-state index contributed by atoms with van der Waals surface area (Å²) in [5, 5.41) is 9.48. The number of rotatable bonds is 63. The second kappa shape index (κ2) is 70.7. The third-order valence-electron chi connectivity index (χ3n) is 14.1. The Morgan fingerprint density at radius 3 is 0.622 bits per heavy atom. The highest BCUT2D eigenvalue weighted by Gasteiger charge is 2.41. The molecule has 36 nitrogen and oxygen atoms in total. The third-order valence-corrected chi connectivity index (χ3v) is 14.1. The number of ketones is 1. The molecule has 0 rings (SSSR count). The van der Waals surface area contributed by atoms with E-state index in [4.69, 9.17) is 80.5 Å². The zero-order valence-electron chi connectivity index (χ0n) is 67.9. The molecule has 0 aromatic heterocycles. The summed E-state index contributed by atoms with van der Waals surface area (Å²) in [7, 11) is 0. The summed E-state index contributed by atoms with van der Waals surface area (Å²) in [4.78, 5) is 180. The van der Waals surface area contributed by atoms with Gasteiger partial charge in [0.15, 0.2) is 5.78 Å². The summed E-state index contributed by atoms with van der Waals surface area (Å²) in [6, 6.07) is 0. The predicted octanol–water partition coefficient (Wildman–Crippen LogP) is 5.85. The standard InChI is InChI=1S/C29H36O12.C21H32O9.C14H18O7.C11H16O4.C8H10O4/c1-7-22(30)13-14-28(17-37-23(31)8-2,18-38-24(32)9-3)15-36-16-29(19-39-25(33)10-4,20-40-26(34)11-5)21-41-27(35)12-6;1-5-18(22)28-12-9-25-15-21(8-4,16-26-10-13-29-19(23)6-2)17-27-11-14-30-20(24)7-3;1-4-11(16)19-8-14(7-15,9-20-12(17)5-2)10-21-13(18)6-3;1-5-9(12)14-7-11(3,4)8-15-10(13)6-2;1-3-7(9)11-5-6-12-8(10)4-2/h7-12H,1-6,13-21H2;5-7H,1-3,8-17H2,4H3;4-6,15H,1-3,7-10H2;5-6H,1-2,7-8H2,3-4H3;3-4H,1-2,5-6H2. The molecule has 0 atom stereocenters. The molecular formula is C83H112O36. The Balaban J connectivity index is -0.000000486. The third kappa shape index (κ3) is 63.3. The summed E-state index contributed by atoms with van der Waals surface area (Å²) in [5.74, 6) is -10.1. The van der Waals surface area contributed by atoms with Gasteiger partial charge in [-0.1, -0.05) is 126 Å². The minimum atomic E-state index is -1.45. The van der Waals surface area contributed by atoms with Crippen LogP contribution in [0.4, 0.5) is 0 Å². The van der Waals surface area contributed by atoms with Crippen LogP contribution in [0, 0.1) is 27.1 Å². The second-order valence-corrected chi connectivity index (χ2v) is 24.5. The molecule has 0 saturated carbocycles. The van der Waals surface area contributed by atoms with Gasteiger partial charge < -0.3 is 95.1 Å². The topological polar surface area (TPSA) is 469 Å². The zero-order valence-corrected chi connectivity index (χ0v) is 67.9. The molecule has 1 N–H and O–H groups in total.